The van der Waals surface area contributed by atoms with E-state index in [1.54, 1.807) is 0 Å². The van der Waals surface area contributed by atoms with Gasteiger partial charge in [0, 0.05) is 47.5 Å². The van der Waals surface area contributed by atoms with Crippen LogP contribution in [0.15, 0.2) is 36.4 Å². The third-order valence-electron chi connectivity index (χ3n) is 5.81. The molecule has 0 amide bonds. The van der Waals surface area contributed by atoms with Crippen molar-refractivity contribution in [1.82, 2.24) is 9.13 Å². The number of hydrogen-bond acceptors (Lipinski definition) is 2. The lowest BCUT2D eigenvalue weighted by molar-refractivity contribution is -0.674. The number of imidazole rings is 2. The third kappa shape index (κ3) is 4.07. The summed E-state index contributed by atoms with van der Waals surface area (Å²) in [7, 11) is 8.07. The molecular weight excluding hydrogens is 455 g/mol. The smallest absolute Gasteiger partial charge is 0.230 e. The molecule has 0 spiro atoms. The van der Waals surface area contributed by atoms with E-state index in [2.05, 4.69) is 58.3 Å². The predicted molar refractivity (Wildman–Crippen MR) is 131 cm³/mol. The topological polar surface area (TPSA) is 17.6 Å². The molecule has 2 aromatic heterocycles. The second kappa shape index (κ2) is 9.03. The van der Waals surface area contributed by atoms with Gasteiger partial charge in [-0.15, -0.1) is 0 Å². The van der Waals surface area contributed by atoms with E-state index >= 15 is 0 Å². The number of halogens is 2. The summed E-state index contributed by atoms with van der Waals surface area (Å²) in [6.07, 6.45) is 0. The molecule has 158 valence electrons. The van der Waals surface area contributed by atoms with Crippen LogP contribution in [0.4, 0.5) is 0 Å². The number of benzene rings is 2. The lowest BCUT2D eigenvalue weighted by Gasteiger charge is -2.02. The maximum absolute atomic E-state index is 6.18. The van der Waals surface area contributed by atoms with Crippen LogP contribution in [-0.2, 0) is 27.2 Å². The van der Waals surface area contributed by atoms with Gasteiger partial charge < -0.3 is 0 Å². The van der Waals surface area contributed by atoms with Crippen molar-refractivity contribution in [2.24, 2.45) is 14.1 Å². The van der Waals surface area contributed by atoms with Crippen molar-refractivity contribution in [2.45, 2.75) is 26.9 Å². The quantitative estimate of drug-likeness (QED) is 0.204. The fourth-order valence-corrected chi connectivity index (χ4v) is 6.22. The molecule has 4 rings (SSSR count). The molecule has 0 aliphatic heterocycles. The molecule has 0 N–H and O–H groups in total. The first kappa shape index (κ1) is 21.9. The number of aromatic nitrogens is 4. The van der Waals surface area contributed by atoms with E-state index in [1.165, 1.54) is 33.7 Å². The Balaban J connectivity index is 1.35. The molecule has 0 radical (unpaired) electrons. The summed E-state index contributed by atoms with van der Waals surface area (Å²) in [4.78, 5) is 0. The molecule has 4 nitrogen and oxygen atoms in total. The number of hydrogen-bond donors (Lipinski definition) is 0. The van der Waals surface area contributed by atoms with Crippen molar-refractivity contribution in [3.05, 3.63) is 58.1 Å². The minimum Gasteiger partial charge on any atom is -0.230 e. The van der Waals surface area contributed by atoms with Gasteiger partial charge in [-0.2, -0.15) is 0 Å². The first-order valence-electron chi connectivity index (χ1n) is 9.91. The van der Waals surface area contributed by atoms with Gasteiger partial charge in [-0.1, -0.05) is 44.8 Å². The van der Waals surface area contributed by atoms with Gasteiger partial charge in [0.2, 0.25) is 0 Å². The van der Waals surface area contributed by atoms with E-state index in [9.17, 15) is 0 Å². The van der Waals surface area contributed by atoms with Crippen molar-refractivity contribution >= 4 is 66.9 Å². The number of fused-ring (bicyclic) bond motifs is 2. The molecule has 4 aromatic rings. The van der Waals surface area contributed by atoms with Crippen molar-refractivity contribution < 1.29 is 9.13 Å². The first-order valence-corrected chi connectivity index (χ1v) is 13.2. The van der Waals surface area contributed by atoms with Crippen LogP contribution < -0.4 is 9.13 Å². The van der Waals surface area contributed by atoms with E-state index in [4.69, 9.17) is 23.2 Å². The fraction of sp³-hybridized carbons (Fsp3) is 0.364. The van der Waals surface area contributed by atoms with E-state index in [0.717, 1.165) is 34.6 Å². The van der Waals surface area contributed by atoms with Crippen molar-refractivity contribution in [1.29, 1.82) is 0 Å². The molecule has 0 saturated carbocycles. The summed E-state index contributed by atoms with van der Waals surface area (Å²) in [5.74, 6) is 4.62. The maximum Gasteiger partial charge on any atom is 0.254 e. The van der Waals surface area contributed by atoms with Crippen LogP contribution in [0.2, 0.25) is 10.0 Å². The lowest BCUT2D eigenvalue weighted by Crippen LogP contribution is -2.38. The average Bonchev–Trinajstić information content (AvgIpc) is 3.10. The summed E-state index contributed by atoms with van der Waals surface area (Å²) in [6.45, 7) is 6.30. The van der Waals surface area contributed by atoms with E-state index in [1.807, 2.05) is 45.9 Å². The highest BCUT2D eigenvalue weighted by Gasteiger charge is 2.20. The van der Waals surface area contributed by atoms with Crippen LogP contribution in [0.5, 0.6) is 0 Å². The molecule has 8 heteroatoms. The molecule has 0 saturated heterocycles. The zero-order valence-corrected chi connectivity index (χ0v) is 20.8. The van der Waals surface area contributed by atoms with Crippen molar-refractivity contribution in [3.63, 3.8) is 0 Å². The second-order valence-corrected chi connectivity index (χ2v) is 11.0. The van der Waals surface area contributed by atoms with E-state index in [0.29, 0.717) is 0 Å². The van der Waals surface area contributed by atoms with E-state index < -0.39 is 0 Å². The summed E-state index contributed by atoms with van der Waals surface area (Å²) < 4.78 is 9.19. The molecule has 2 aromatic carbocycles. The Morgan fingerprint density at radius 3 is 1.53 bits per heavy atom. The highest BCUT2D eigenvalue weighted by Crippen LogP contribution is 2.23. The zero-order valence-electron chi connectivity index (χ0n) is 17.7. The third-order valence-corrected chi connectivity index (χ3v) is 8.65. The number of aryl methyl sites for hydroxylation is 4. The fourth-order valence-electron chi connectivity index (χ4n) is 3.99. The van der Waals surface area contributed by atoms with Crippen LogP contribution in [0.1, 0.15) is 11.6 Å². The standard InChI is InChI=1S/C22H26Cl2N4S2/c1-15-25(3)21-13-17(23)5-7-19(21)27(15)9-11-29-30-12-10-28-16(2)26(4)22-14-18(24)6-8-20(22)28/h5-8,13-14H,9-12H2,1-4H3/q+2. The van der Waals surface area contributed by atoms with Crippen molar-refractivity contribution in [3.8, 4) is 0 Å². The Kier molecular flexibility index (Phi) is 6.58. The summed E-state index contributed by atoms with van der Waals surface area (Å²) in [6, 6.07) is 12.3. The highest BCUT2D eigenvalue weighted by atomic mass is 35.5. The molecule has 0 atom stereocenters. The molecule has 30 heavy (non-hydrogen) atoms. The minimum atomic E-state index is 0.781. The molecule has 0 aliphatic rings. The van der Waals surface area contributed by atoms with Gasteiger partial charge >= 0.3 is 0 Å². The van der Waals surface area contributed by atoms with Gasteiger partial charge in [0.25, 0.3) is 11.6 Å². The lowest BCUT2D eigenvalue weighted by atomic mass is 10.3. The summed E-state index contributed by atoms with van der Waals surface area (Å²) >= 11 is 12.4. The molecule has 0 aliphatic carbocycles. The largest absolute Gasteiger partial charge is 0.254 e. The Labute approximate surface area is 195 Å². The molecule has 0 bridgehead atoms. The minimum absolute atomic E-state index is 0.781. The van der Waals surface area contributed by atoms with Gasteiger partial charge in [0.1, 0.15) is 13.1 Å². The van der Waals surface area contributed by atoms with Crippen LogP contribution in [0, 0.1) is 13.8 Å². The van der Waals surface area contributed by atoms with Crippen LogP contribution in [0.25, 0.3) is 22.1 Å². The Bertz CT molecular complexity index is 1130. The summed E-state index contributed by atoms with van der Waals surface area (Å²) in [5, 5.41) is 1.56. The second-order valence-electron chi connectivity index (χ2n) is 7.43. The van der Waals surface area contributed by atoms with Crippen LogP contribution >= 0.6 is 44.8 Å². The SMILES string of the molecule is Cc1n(C)c2cc(Cl)ccc2[n+]1CCSSCC[n+]1c(C)n(C)c2cc(Cl)ccc21. The maximum atomic E-state index is 6.18. The molecular formula is C22H26Cl2N4S2+2. The van der Waals surface area contributed by atoms with Crippen LogP contribution in [-0.4, -0.2) is 20.6 Å². The first-order chi connectivity index (χ1) is 14.4. The van der Waals surface area contributed by atoms with Crippen molar-refractivity contribution in [2.75, 3.05) is 11.5 Å². The Morgan fingerprint density at radius 1 is 0.733 bits per heavy atom. The highest BCUT2D eigenvalue weighted by molar-refractivity contribution is 8.76. The Hall–Kier alpha value is -1.34. The predicted octanol–water partition coefficient (Wildman–Crippen LogP) is 5.25. The van der Waals surface area contributed by atoms with Gasteiger partial charge in [0.05, 0.1) is 14.1 Å². The Morgan fingerprint density at radius 2 is 1.13 bits per heavy atom. The summed E-state index contributed by atoms with van der Waals surface area (Å²) in [5.41, 5.74) is 4.84. The molecule has 2 heterocycles. The number of rotatable bonds is 7. The van der Waals surface area contributed by atoms with Gasteiger partial charge in [-0.05, 0) is 24.3 Å². The van der Waals surface area contributed by atoms with Gasteiger partial charge in [0.15, 0.2) is 22.1 Å². The average molecular weight is 482 g/mol. The van der Waals surface area contributed by atoms with E-state index in [-0.39, 0.29) is 0 Å². The zero-order chi connectivity index (χ0) is 21.4. The van der Waals surface area contributed by atoms with Gasteiger partial charge in [-0.3, -0.25) is 0 Å². The molecule has 0 fully saturated rings. The van der Waals surface area contributed by atoms with Crippen LogP contribution in [0.3, 0.4) is 0 Å². The monoisotopic (exact) mass is 480 g/mol. The molecule has 0 unspecified atom stereocenters. The number of nitrogens with zero attached hydrogens (tertiary/aromatic N) is 4. The van der Waals surface area contributed by atoms with Gasteiger partial charge in [-0.25, -0.2) is 18.3 Å². The normalized spacial score (nSPS) is 11.8.